The topological polar surface area (TPSA) is 72.4 Å². The molecule has 1 atom stereocenters. The van der Waals surface area contributed by atoms with Crippen LogP contribution in [0.15, 0.2) is 17.3 Å². The summed E-state index contributed by atoms with van der Waals surface area (Å²) in [6, 6.07) is 1.61. The summed E-state index contributed by atoms with van der Waals surface area (Å²) in [5, 5.41) is 0.498. The lowest BCUT2D eigenvalue weighted by atomic mass is 10.1. The van der Waals surface area contributed by atoms with Crippen molar-refractivity contribution in [1.29, 1.82) is 0 Å². The van der Waals surface area contributed by atoms with Gasteiger partial charge >= 0.3 is 6.09 Å². The van der Waals surface area contributed by atoms with E-state index in [1.807, 2.05) is 20.8 Å². The maximum atomic E-state index is 12.5. The zero-order valence-corrected chi connectivity index (χ0v) is 14.5. The summed E-state index contributed by atoms with van der Waals surface area (Å²) < 4.78 is 17.8. The lowest BCUT2D eigenvalue weighted by Crippen LogP contribution is -2.43. The predicted octanol–water partition coefficient (Wildman–Crippen LogP) is 2.64. The van der Waals surface area contributed by atoms with E-state index in [4.69, 9.17) is 16.3 Å². The Bertz CT molecular complexity index is 569. The number of halogens is 1. The molecule has 22 heavy (non-hydrogen) atoms. The second-order valence-corrected chi connectivity index (χ2v) is 8.15. The van der Waals surface area contributed by atoms with Crippen LogP contribution in [0.25, 0.3) is 0 Å². The van der Waals surface area contributed by atoms with Gasteiger partial charge in [-0.05, 0) is 51.3 Å². The number of carbonyl (C=O) groups excluding carboxylic acids is 1. The first-order valence-electron chi connectivity index (χ1n) is 7.13. The quantitative estimate of drug-likeness (QED) is 0.608. The van der Waals surface area contributed by atoms with Gasteiger partial charge in [-0.2, -0.15) is 0 Å². The summed E-state index contributed by atoms with van der Waals surface area (Å²) in [6.07, 6.45) is 2.47. The molecule has 2 heterocycles. The first-order valence-corrected chi connectivity index (χ1v) is 8.72. The van der Waals surface area contributed by atoms with Crippen LogP contribution in [0, 0.1) is 0 Å². The van der Waals surface area contributed by atoms with Gasteiger partial charge < -0.3 is 9.64 Å². The van der Waals surface area contributed by atoms with Crippen molar-refractivity contribution in [3.05, 3.63) is 17.5 Å². The van der Waals surface area contributed by atoms with Crippen LogP contribution in [-0.2, 0) is 15.5 Å². The molecule has 6 nitrogen and oxygen atoms in total. The van der Waals surface area contributed by atoms with Crippen LogP contribution < -0.4 is 0 Å². The SMILES string of the molecule is CC(C)(C)OC(=O)N1CCC([S@@](=O)c2ccnc(Cl)n2)CC1. The Balaban J connectivity index is 1.92. The van der Waals surface area contributed by atoms with E-state index in [1.165, 1.54) is 6.20 Å². The summed E-state index contributed by atoms with van der Waals surface area (Å²) >= 11 is 5.73. The molecule has 0 N–H and O–H groups in total. The Kier molecular flexibility index (Phi) is 5.39. The fourth-order valence-electron chi connectivity index (χ4n) is 2.18. The number of likely N-dealkylation sites (tertiary alicyclic amines) is 1. The third kappa shape index (κ3) is 4.64. The summed E-state index contributed by atoms with van der Waals surface area (Å²) in [5.41, 5.74) is -0.505. The van der Waals surface area contributed by atoms with E-state index in [-0.39, 0.29) is 16.6 Å². The van der Waals surface area contributed by atoms with Crippen molar-refractivity contribution in [2.75, 3.05) is 13.1 Å². The van der Waals surface area contributed by atoms with Crippen molar-refractivity contribution < 1.29 is 13.7 Å². The van der Waals surface area contributed by atoms with Gasteiger partial charge in [-0.15, -0.1) is 0 Å². The average molecular weight is 346 g/mol. The fraction of sp³-hybridized carbons (Fsp3) is 0.643. The first kappa shape index (κ1) is 17.1. The molecule has 1 aliphatic rings. The lowest BCUT2D eigenvalue weighted by molar-refractivity contribution is 0.0218. The Morgan fingerprint density at radius 2 is 2.05 bits per heavy atom. The Hall–Kier alpha value is -1.21. The summed E-state index contributed by atoms with van der Waals surface area (Å²) in [6.45, 7) is 6.58. The lowest BCUT2D eigenvalue weighted by Gasteiger charge is -2.32. The van der Waals surface area contributed by atoms with Crippen LogP contribution in [-0.4, -0.2) is 49.1 Å². The molecule has 0 spiro atoms. The highest BCUT2D eigenvalue weighted by atomic mass is 35.5. The van der Waals surface area contributed by atoms with Crippen LogP contribution in [0.3, 0.4) is 0 Å². The monoisotopic (exact) mass is 345 g/mol. The molecule has 0 bridgehead atoms. The Labute approximate surface area is 137 Å². The van der Waals surface area contributed by atoms with Crippen molar-refractivity contribution in [2.45, 2.75) is 49.5 Å². The average Bonchev–Trinajstić information content (AvgIpc) is 2.45. The molecule has 0 radical (unpaired) electrons. The number of nitrogens with zero attached hydrogens (tertiary/aromatic N) is 3. The second kappa shape index (κ2) is 6.91. The van der Waals surface area contributed by atoms with Gasteiger partial charge in [0, 0.05) is 24.5 Å². The molecule has 0 aromatic carbocycles. The van der Waals surface area contributed by atoms with E-state index in [1.54, 1.807) is 11.0 Å². The third-order valence-electron chi connectivity index (χ3n) is 3.20. The van der Waals surface area contributed by atoms with E-state index in [0.29, 0.717) is 31.0 Å². The molecule has 0 aliphatic carbocycles. The molecule has 8 heteroatoms. The number of ether oxygens (including phenoxy) is 1. The molecule has 2 rings (SSSR count). The smallest absolute Gasteiger partial charge is 0.410 e. The number of amides is 1. The van der Waals surface area contributed by atoms with Crippen molar-refractivity contribution in [1.82, 2.24) is 14.9 Å². The number of carbonyl (C=O) groups is 1. The normalized spacial score (nSPS) is 18.1. The molecule has 1 saturated heterocycles. The van der Waals surface area contributed by atoms with E-state index in [9.17, 15) is 9.00 Å². The zero-order valence-electron chi connectivity index (χ0n) is 12.9. The van der Waals surface area contributed by atoms with Gasteiger partial charge in [0.15, 0.2) is 0 Å². The van der Waals surface area contributed by atoms with Crippen LogP contribution in [0.2, 0.25) is 5.28 Å². The molecule has 1 fully saturated rings. The molecule has 1 aromatic rings. The van der Waals surface area contributed by atoms with Gasteiger partial charge in [-0.3, -0.25) is 4.21 Å². The van der Waals surface area contributed by atoms with Crippen LogP contribution in [0.4, 0.5) is 4.79 Å². The molecule has 0 unspecified atom stereocenters. The Morgan fingerprint density at radius 1 is 1.41 bits per heavy atom. The zero-order chi connectivity index (χ0) is 16.3. The molecule has 1 aromatic heterocycles. The van der Waals surface area contributed by atoms with E-state index < -0.39 is 16.4 Å². The minimum Gasteiger partial charge on any atom is -0.444 e. The fourth-order valence-corrected chi connectivity index (χ4v) is 3.73. The highest BCUT2D eigenvalue weighted by Gasteiger charge is 2.30. The predicted molar refractivity (Wildman–Crippen MR) is 84.3 cm³/mol. The van der Waals surface area contributed by atoms with E-state index in [0.717, 1.165) is 0 Å². The second-order valence-electron chi connectivity index (χ2n) is 6.13. The maximum Gasteiger partial charge on any atom is 0.410 e. The number of piperidine rings is 1. The number of hydrogen-bond acceptors (Lipinski definition) is 5. The summed E-state index contributed by atoms with van der Waals surface area (Å²) in [7, 11) is -1.24. The van der Waals surface area contributed by atoms with Crippen molar-refractivity contribution >= 4 is 28.5 Å². The van der Waals surface area contributed by atoms with Gasteiger partial charge in [0.1, 0.15) is 10.6 Å². The molecule has 1 amide bonds. The van der Waals surface area contributed by atoms with Gasteiger partial charge in [0.25, 0.3) is 0 Å². The molecule has 1 aliphatic heterocycles. The summed E-state index contributed by atoms with van der Waals surface area (Å²) in [4.78, 5) is 21.4. The van der Waals surface area contributed by atoms with Crippen LogP contribution in [0.1, 0.15) is 33.6 Å². The number of aromatic nitrogens is 2. The minimum absolute atomic E-state index is 0.0374. The van der Waals surface area contributed by atoms with Gasteiger partial charge in [-0.1, -0.05) is 0 Å². The van der Waals surface area contributed by atoms with Gasteiger partial charge in [0.05, 0.1) is 10.8 Å². The molecule has 0 saturated carbocycles. The number of hydrogen-bond donors (Lipinski definition) is 0. The minimum atomic E-state index is -1.24. The van der Waals surface area contributed by atoms with Crippen molar-refractivity contribution in [3.8, 4) is 0 Å². The van der Waals surface area contributed by atoms with Crippen molar-refractivity contribution in [2.24, 2.45) is 0 Å². The highest BCUT2D eigenvalue weighted by molar-refractivity contribution is 7.85. The third-order valence-corrected chi connectivity index (χ3v) is 5.10. The van der Waals surface area contributed by atoms with E-state index >= 15 is 0 Å². The molecular formula is C14H20ClN3O3S. The number of rotatable bonds is 2. The van der Waals surface area contributed by atoms with Gasteiger partial charge in [0.2, 0.25) is 5.28 Å². The summed E-state index contributed by atoms with van der Waals surface area (Å²) in [5.74, 6) is 0. The highest BCUT2D eigenvalue weighted by Crippen LogP contribution is 2.22. The standard InChI is InChI=1S/C14H20ClN3O3S/c1-14(2,3)21-13(19)18-8-5-10(6-9-18)22(20)11-4-7-16-12(15)17-11/h4,7,10H,5-6,8-9H2,1-3H3/t22-/m1/s1. The Morgan fingerprint density at radius 3 is 2.59 bits per heavy atom. The maximum absolute atomic E-state index is 12.5. The first-order chi connectivity index (χ1) is 10.3. The van der Waals surface area contributed by atoms with Gasteiger partial charge in [-0.25, -0.2) is 14.8 Å². The van der Waals surface area contributed by atoms with Crippen molar-refractivity contribution in [3.63, 3.8) is 0 Å². The largest absolute Gasteiger partial charge is 0.444 e. The van der Waals surface area contributed by atoms with Crippen LogP contribution >= 0.6 is 11.6 Å². The van der Waals surface area contributed by atoms with E-state index in [2.05, 4.69) is 9.97 Å². The molecule has 122 valence electrons. The van der Waals surface area contributed by atoms with Crippen LogP contribution in [0.5, 0.6) is 0 Å². The molecular weight excluding hydrogens is 326 g/mol.